The number of amides is 1. The summed E-state index contributed by atoms with van der Waals surface area (Å²) in [7, 11) is 0. The molecule has 0 radical (unpaired) electrons. The topological polar surface area (TPSA) is 83.6 Å². The monoisotopic (exact) mass is 282 g/mol. The Bertz CT molecular complexity index is 364. The molecule has 1 atom stereocenters. The van der Waals surface area contributed by atoms with Crippen molar-refractivity contribution in [2.75, 3.05) is 19.6 Å². The average Bonchev–Trinajstić information content (AvgIpc) is 2.48. The number of piperidine rings is 1. The van der Waals surface area contributed by atoms with E-state index in [-0.39, 0.29) is 11.3 Å². The summed E-state index contributed by atoms with van der Waals surface area (Å²) in [6.45, 7) is 1.63. The second-order valence-electron chi connectivity index (χ2n) is 6.46. The molecule has 1 saturated carbocycles. The van der Waals surface area contributed by atoms with Crippen LogP contribution in [0.5, 0.6) is 0 Å². The van der Waals surface area contributed by atoms with E-state index < -0.39 is 11.9 Å². The van der Waals surface area contributed by atoms with Crippen LogP contribution in [0.25, 0.3) is 0 Å². The minimum atomic E-state index is -0.784. The first-order valence-electron chi connectivity index (χ1n) is 7.77. The number of carboxylic acids is 1. The number of carbonyl (C=O) groups is 2. The van der Waals surface area contributed by atoms with E-state index in [1.165, 1.54) is 6.42 Å². The van der Waals surface area contributed by atoms with Gasteiger partial charge in [-0.05, 0) is 37.6 Å². The van der Waals surface area contributed by atoms with Crippen molar-refractivity contribution in [1.29, 1.82) is 0 Å². The summed E-state index contributed by atoms with van der Waals surface area (Å²) in [5.41, 5.74) is 5.89. The summed E-state index contributed by atoms with van der Waals surface area (Å²) in [5, 5.41) is 9.10. The number of aliphatic carboxylic acids is 1. The number of carbonyl (C=O) groups excluding carboxylic acids is 1. The second-order valence-corrected chi connectivity index (χ2v) is 6.46. The zero-order chi connectivity index (χ0) is 14.6. The van der Waals surface area contributed by atoms with Crippen LogP contribution in [0, 0.1) is 11.3 Å². The molecule has 0 bridgehead atoms. The number of hydrogen-bond donors (Lipinski definition) is 2. The van der Waals surface area contributed by atoms with Gasteiger partial charge in [-0.3, -0.25) is 9.59 Å². The van der Waals surface area contributed by atoms with Crippen LogP contribution in [-0.4, -0.2) is 41.5 Å². The van der Waals surface area contributed by atoms with Gasteiger partial charge in [-0.2, -0.15) is 0 Å². The molecule has 1 aliphatic carbocycles. The molecule has 0 unspecified atom stereocenters. The molecule has 5 nitrogen and oxygen atoms in total. The highest BCUT2D eigenvalue weighted by Gasteiger charge is 2.36. The molecule has 2 aliphatic rings. The lowest BCUT2D eigenvalue weighted by Gasteiger charge is -2.38. The normalized spacial score (nSPS) is 26.2. The largest absolute Gasteiger partial charge is 0.481 e. The minimum Gasteiger partial charge on any atom is -0.481 e. The van der Waals surface area contributed by atoms with E-state index in [0.717, 1.165) is 32.1 Å². The third-order valence-electron chi connectivity index (χ3n) is 5.00. The number of nitrogens with zero attached hydrogens (tertiary/aromatic N) is 1. The molecular weight excluding hydrogens is 256 g/mol. The lowest BCUT2D eigenvalue weighted by Crippen LogP contribution is -2.45. The molecule has 1 heterocycles. The molecule has 114 valence electrons. The Hall–Kier alpha value is -1.10. The van der Waals surface area contributed by atoms with E-state index >= 15 is 0 Å². The van der Waals surface area contributed by atoms with Crippen molar-refractivity contribution in [2.45, 2.75) is 51.4 Å². The van der Waals surface area contributed by atoms with E-state index in [1.54, 1.807) is 4.90 Å². The fourth-order valence-electron chi connectivity index (χ4n) is 3.59. The number of rotatable bonds is 4. The van der Waals surface area contributed by atoms with Crippen LogP contribution in [0.4, 0.5) is 0 Å². The number of nitrogens with two attached hydrogens (primary N) is 1. The lowest BCUT2D eigenvalue weighted by atomic mass is 9.71. The first-order chi connectivity index (χ1) is 9.56. The maximum absolute atomic E-state index is 12.5. The van der Waals surface area contributed by atoms with Crippen LogP contribution < -0.4 is 5.73 Å². The average molecular weight is 282 g/mol. The van der Waals surface area contributed by atoms with Crippen molar-refractivity contribution in [1.82, 2.24) is 4.90 Å². The van der Waals surface area contributed by atoms with Gasteiger partial charge < -0.3 is 15.7 Å². The summed E-state index contributed by atoms with van der Waals surface area (Å²) in [4.78, 5) is 25.3. The van der Waals surface area contributed by atoms with Crippen LogP contribution in [0.3, 0.4) is 0 Å². The predicted octanol–water partition coefficient (Wildman–Crippen LogP) is 1.61. The molecule has 0 aromatic heterocycles. The zero-order valence-electron chi connectivity index (χ0n) is 12.1. The van der Waals surface area contributed by atoms with Gasteiger partial charge in [-0.25, -0.2) is 0 Å². The Morgan fingerprint density at radius 3 is 2.50 bits per heavy atom. The summed E-state index contributed by atoms with van der Waals surface area (Å²) in [5.74, 6) is -1.08. The van der Waals surface area contributed by atoms with Gasteiger partial charge in [0.05, 0.1) is 5.92 Å². The SMILES string of the molecule is NCC1(CC(=O)N2CCC[C@@H](C(=O)O)C2)CCCCC1. The van der Waals surface area contributed by atoms with Gasteiger partial charge in [0, 0.05) is 19.5 Å². The van der Waals surface area contributed by atoms with Crippen molar-refractivity contribution in [2.24, 2.45) is 17.1 Å². The fourth-order valence-corrected chi connectivity index (χ4v) is 3.59. The van der Waals surface area contributed by atoms with E-state index in [0.29, 0.717) is 32.5 Å². The highest BCUT2D eigenvalue weighted by molar-refractivity contribution is 5.78. The van der Waals surface area contributed by atoms with Gasteiger partial charge in [0.15, 0.2) is 0 Å². The maximum Gasteiger partial charge on any atom is 0.308 e. The quantitative estimate of drug-likeness (QED) is 0.820. The molecule has 5 heteroatoms. The predicted molar refractivity (Wildman–Crippen MR) is 76.1 cm³/mol. The molecule has 0 aromatic rings. The minimum absolute atomic E-state index is 0.0362. The van der Waals surface area contributed by atoms with Crippen LogP contribution in [0.1, 0.15) is 51.4 Å². The van der Waals surface area contributed by atoms with Crippen LogP contribution in [0.15, 0.2) is 0 Å². The van der Waals surface area contributed by atoms with Gasteiger partial charge in [0.25, 0.3) is 0 Å². The molecule has 0 spiro atoms. The van der Waals surface area contributed by atoms with Gasteiger partial charge >= 0.3 is 5.97 Å². The number of hydrogen-bond acceptors (Lipinski definition) is 3. The molecule has 3 N–H and O–H groups in total. The molecule has 20 heavy (non-hydrogen) atoms. The van der Waals surface area contributed by atoms with E-state index in [4.69, 9.17) is 10.8 Å². The third-order valence-corrected chi connectivity index (χ3v) is 5.00. The van der Waals surface area contributed by atoms with Gasteiger partial charge in [0.2, 0.25) is 5.91 Å². The maximum atomic E-state index is 12.5. The third kappa shape index (κ3) is 3.51. The van der Waals surface area contributed by atoms with Crippen LogP contribution >= 0.6 is 0 Å². The fraction of sp³-hybridized carbons (Fsp3) is 0.867. The van der Waals surface area contributed by atoms with Crippen molar-refractivity contribution < 1.29 is 14.7 Å². The summed E-state index contributed by atoms with van der Waals surface area (Å²) in [6, 6.07) is 0. The lowest BCUT2D eigenvalue weighted by molar-refractivity contribution is -0.146. The molecular formula is C15H26N2O3. The molecule has 1 amide bonds. The molecule has 2 fully saturated rings. The summed E-state index contributed by atoms with van der Waals surface area (Å²) in [6.07, 6.45) is 7.58. The summed E-state index contributed by atoms with van der Waals surface area (Å²) < 4.78 is 0. The molecule has 0 aromatic carbocycles. The Morgan fingerprint density at radius 2 is 1.90 bits per heavy atom. The van der Waals surface area contributed by atoms with Gasteiger partial charge in [0.1, 0.15) is 0 Å². The van der Waals surface area contributed by atoms with Crippen molar-refractivity contribution in [3.05, 3.63) is 0 Å². The first kappa shape index (κ1) is 15.3. The van der Waals surface area contributed by atoms with Crippen molar-refractivity contribution >= 4 is 11.9 Å². The highest BCUT2D eigenvalue weighted by Crippen LogP contribution is 2.39. The molecule has 1 saturated heterocycles. The summed E-state index contributed by atoms with van der Waals surface area (Å²) >= 11 is 0. The Kier molecular flexibility index (Phi) is 5.02. The highest BCUT2D eigenvalue weighted by atomic mass is 16.4. The van der Waals surface area contributed by atoms with Gasteiger partial charge in [-0.1, -0.05) is 19.3 Å². The molecule has 1 aliphatic heterocycles. The van der Waals surface area contributed by atoms with Gasteiger partial charge in [-0.15, -0.1) is 0 Å². The Balaban J connectivity index is 1.94. The Morgan fingerprint density at radius 1 is 1.20 bits per heavy atom. The van der Waals surface area contributed by atoms with E-state index in [2.05, 4.69) is 0 Å². The second kappa shape index (κ2) is 6.57. The standard InChI is InChI=1S/C15H26N2O3/c16-11-15(6-2-1-3-7-15)9-13(18)17-8-4-5-12(10-17)14(19)20/h12H,1-11,16H2,(H,19,20)/t12-/m1/s1. The number of carboxylic acid groups (broad SMARTS) is 1. The first-order valence-corrected chi connectivity index (χ1v) is 7.77. The molecule has 2 rings (SSSR count). The zero-order valence-corrected chi connectivity index (χ0v) is 12.1. The smallest absolute Gasteiger partial charge is 0.308 e. The van der Waals surface area contributed by atoms with Crippen molar-refractivity contribution in [3.63, 3.8) is 0 Å². The van der Waals surface area contributed by atoms with Crippen LogP contribution in [-0.2, 0) is 9.59 Å². The number of likely N-dealkylation sites (tertiary alicyclic amines) is 1. The van der Waals surface area contributed by atoms with E-state index in [9.17, 15) is 9.59 Å². The van der Waals surface area contributed by atoms with Crippen LogP contribution in [0.2, 0.25) is 0 Å². The Labute approximate surface area is 120 Å². The van der Waals surface area contributed by atoms with Crippen molar-refractivity contribution in [3.8, 4) is 0 Å². The van der Waals surface area contributed by atoms with E-state index in [1.807, 2.05) is 0 Å².